The lowest BCUT2D eigenvalue weighted by molar-refractivity contribution is 0.00578. The molecule has 10 aromatic rings. The number of imidazole rings is 3. The summed E-state index contributed by atoms with van der Waals surface area (Å²) in [5.74, 6) is -5.27. The normalized spacial score (nSPS) is 12.7. The minimum absolute atomic E-state index is 0.135. The number of carbonyl (C=O) groups excluding carboxylic acids is 2. The first-order valence-corrected chi connectivity index (χ1v) is 28.9. The zero-order valence-corrected chi connectivity index (χ0v) is 52.1. The third-order valence-corrected chi connectivity index (χ3v) is 16.1. The number of nitrogens with zero attached hydrogens (tertiary/aromatic N) is 5. The largest absolute Gasteiger partial charge is 0.494 e. The molecule has 1 aliphatic rings. The highest BCUT2D eigenvalue weighted by atomic mass is 127. The second-order valence-corrected chi connectivity index (χ2v) is 22.9. The molecule has 11 rings (SSSR count). The fourth-order valence-electron chi connectivity index (χ4n) is 8.20. The van der Waals surface area contributed by atoms with Gasteiger partial charge in [0.25, 0.3) is 11.8 Å². The van der Waals surface area contributed by atoms with Crippen molar-refractivity contribution >= 4 is 81.0 Å². The van der Waals surface area contributed by atoms with E-state index in [0.717, 1.165) is 70.6 Å². The second-order valence-electron chi connectivity index (χ2n) is 20.6. The maximum atomic E-state index is 13.8. The number of aliphatic hydroxyl groups excluding tert-OH is 1. The summed E-state index contributed by atoms with van der Waals surface area (Å²) in [5, 5.41) is 13.8. The van der Waals surface area contributed by atoms with Gasteiger partial charge in [0, 0.05) is 68.8 Å². The number of hydrogen-bond donors (Lipinski definition) is 4. The highest BCUT2D eigenvalue weighted by Crippen LogP contribution is 2.36. The number of anilines is 2. The first kappa shape index (κ1) is 64.8. The van der Waals surface area contributed by atoms with Crippen LogP contribution < -0.4 is 16.1 Å². The average molecular weight is 1380 g/mol. The van der Waals surface area contributed by atoms with Gasteiger partial charge in [-0.05, 0) is 210 Å². The number of aromatic nitrogens is 6. The minimum atomic E-state index is -0.906. The van der Waals surface area contributed by atoms with Gasteiger partial charge in [-0.2, -0.15) is 0 Å². The molecule has 4 heterocycles. The molecule has 0 radical (unpaired) electrons. The third kappa shape index (κ3) is 18.4. The number of amides is 2. The number of halogens is 6. The molecule has 0 saturated carbocycles. The van der Waals surface area contributed by atoms with E-state index in [0.29, 0.717) is 11.4 Å². The molecule has 2 amide bonds. The molecular formula is C65H63BF4I2N8O5. The van der Waals surface area contributed by atoms with Crippen LogP contribution >= 0.6 is 45.2 Å². The molecule has 1 fully saturated rings. The fraction of sp³-hybridized carbons (Fsp3) is 0.185. The molecule has 0 aliphatic carbocycles. The molecular weight excluding hydrogens is 1310 g/mol. The molecule has 0 spiro atoms. The Kier molecular flexibility index (Phi) is 23.1. The lowest BCUT2D eigenvalue weighted by Crippen LogP contribution is -2.41. The van der Waals surface area contributed by atoms with E-state index in [4.69, 9.17) is 14.4 Å². The molecule has 1 aliphatic heterocycles. The number of carbonyl (C=O) groups is 2. The van der Waals surface area contributed by atoms with Crippen molar-refractivity contribution in [3.05, 3.63) is 271 Å². The van der Waals surface area contributed by atoms with Crippen LogP contribution in [-0.4, -0.2) is 64.3 Å². The molecule has 1 saturated heterocycles. The Labute approximate surface area is 519 Å². The number of nitrogens with one attached hydrogen (secondary N) is 3. The molecule has 0 unspecified atom stereocenters. The molecule has 0 bridgehead atoms. The van der Waals surface area contributed by atoms with Gasteiger partial charge in [0.05, 0.1) is 36.8 Å². The molecule has 0 atom stereocenters. The first-order valence-electron chi connectivity index (χ1n) is 26.7. The lowest BCUT2D eigenvalue weighted by atomic mass is 9.79. The van der Waals surface area contributed by atoms with Gasteiger partial charge in [-0.3, -0.25) is 9.59 Å². The van der Waals surface area contributed by atoms with Crippen LogP contribution in [0.3, 0.4) is 0 Å². The maximum Gasteiger partial charge on any atom is 0.494 e. The Bertz CT molecular complexity index is 3710. The van der Waals surface area contributed by atoms with Gasteiger partial charge in [0.2, 0.25) is 0 Å². The van der Waals surface area contributed by atoms with E-state index >= 15 is 0 Å². The predicted octanol–water partition coefficient (Wildman–Crippen LogP) is 14.3. The SMILES string of the molecule is CC1(C)OB(c2ccc(NC(=O)c3c(F)cccc3F)cc2)OC1(C)C.Cc1ccc(CO)cc1I.Cc1ccc(Cn2ccnc2)cc1-c1ccc(NC(=O)c2c(F)cccc2F)cc1.Cc1ccc(Cn2ccnc2)cc1I.c1c[nH]cn1. The van der Waals surface area contributed by atoms with Crippen molar-refractivity contribution in [2.24, 2.45) is 0 Å². The van der Waals surface area contributed by atoms with E-state index in [-0.39, 0.29) is 6.61 Å². The number of aliphatic hydroxyl groups is 1. The number of rotatable bonds is 11. The van der Waals surface area contributed by atoms with E-state index in [1.54, 1.807) is 73.8 Å². The summed E-state index contributed by atoms with van der Waals surface area (Å²) in [6, 6.07) is 39.3. The minimum Gasteiger partial charge on any atom is -0.399 e. The Balaban J connectivity index is 0.000000169. The summed E-state index contributed by atoms with van der Waals surface area (Å²) >= 11 is 4.63. The zero-order chi connectivity index (χ0) is 61.3. The van der Waals surface area contributed by atoms with Crippen LogP contribution in [0.5, 0.6) is 0 Å². The number of aromatic amines is 1. The monoisotopic (exact) mass is 1380 g/mol. The van der Waals surface area contributed by atoms with Gasteiger partial charge >= 0.3 is 7.12 Å². The molecule has 4 N–H and O–H groups in total. The van der Waals surface area contributed by atoms with Gasteiger partial charge in [-0.1, -0.05) is 72.8 Å². The third-order valence-electron chi connectivity index (χ3n) is 13.7. The van der Waals surface area contributed by atoms with Crippen LogP contribution in [0.1, 0.15) is 81.8 Å². The molecule has 13 nitrogen and oxygen atoms in total. The van der Waals surface area contributed by atoms with E-state index in [2.05, 4.69) is 131 Å². The van der Waals surface area contributed by atoms with E-state index in [1.807, 2.05) is 88.2 Å². The number of aryl methyl sites for hydroxylation is 3. The topological polar surface area (TPSA) is 161 Å². The molecule has 85 heavy (non-hydrogen) atoms. The summed E-state index contributed by atoms with van der Waals surface area (Å²) in [5.41, 5.74) is 8.77. The van der Waals surface area contributed by atoms with Crippen LogP contribution in [0.25, 0.3) is 11.1 Å². The first-order chi connectivity index (χ1) is 40.6. The van der Waals surface area contributed by atoms with Crippen LogP contribution in [0.2, 0.25) is 0 Å². The fourth-order valence-corrected chi connectivity index (χ4v) is 9.36. The van der Waals surface area contributed by atoms with E-state index in [9.17, 15) is 27.2 Å². The molecule has 3 aromatic heterocycles. The van der Waals surface area contributed by atoms with Crippen molar-refractivity contribution < 1.29 is 41.6 Å². The van der Waals surface area contributed by atoms with E-state index in [1.165, 1.54) is 36.0 Å². The molecule has 438 valence electrons. The maximum absolute atomic E-state index is 13.8. The summed E-state index contributed by atoms with van der Waals surface area (Å²) in [7, 11) is -0.520. The van der Waals surface area contributed by atoms with Gasteiger partial charge in [0.1, 0.15) is 34.4 Å². The summed E-state index contributed by atoms with van der Waals surface area (Å²) in [6.07, 6.45) is 16.1. The smallest absolute Gasteiger partial charge is 0.399 e. The van der Waals surface area contributed by atoms with Gasteiger partial charge in [0.15, 0.2) is 0 Å². The predicted molar refractivity (Wildman–Crippen MR) is 342 cm³/mol. The van der Waals surface area contributed by atoms with Crippen molar-refractivity contribution in [3.63, 3.8) is 0 Å². The van der Waals surface area contributed by atoms with Crippen molar-refractivity contribution in [2.45, 2.75) is 79.4 Å². The van der Waals surface area contributed by atoms with E-state index < -0.39 is 64.5 Å². The van der Waals surface area contributed by atoms with Crippen LogP contribution in [0.4, 0.5) is 28.9 Å². The summed E-state index contributed by atoms with van der Waals surface area (Å²) in [6.45, 7) is 15.8. The van der Waals surface area contributed by atoms with Gasteiger partial charge in [-0.25, -0.2) is 32.5 Å². The molecule has 7 aromatic carbocycles. The van der Waals surface area contributed by atoms with Crippen LogP contribution in [0.15, 0.2) is 196 Å². The zero-order valence-electron chi connectivity index (χ0n) is 47.8. The Hall–Kier alpha value is -7.77. The van der Waals surface area contributed by atoms with Gasteiger partial charge in [-0.15, -0.1) is 0 Å². The number of hydrogen-bond acceptors (Lipinski definition) is 8. The Morgan fingerprint density at radius 2 is 1.01 bits per heavy atom. The van der Waals surface area contributed by atoms with Crippen molar-refractivity contribution in [3.8, 4) is 11.1 Å². The van der Waals surface area contributed by atoms with Crippen molar-refractivity contribution in [1.82, 2.24) is 29.1 Å². The summed E-state index contributed by atoms with van der Waals surface area (Å²) < 4.78 is 73.5. The Morgan fingerprint density at radius 3 is 1.41 bits per heavy atom. The summed E-state index contributed by atoms with van der Waals surface area (Å²) in [4.78, 5) is 38.9. The van der Waals surface area contributed by atoms with Crippen LogP contribution in [0, 0.1) is 51.2 Å². The quantitative estimate of drug-likeness (QED) is 0.0565. The van der Waals surface area contributed by atoms with Crippen molar-refractivity contribution in [1.29, 1.82) is 0 Å². The van der Waals surface area contributed by atoms with Gasteiger partial charge < -0.3 is 39.2 Å². The van der Waals surface area contributed by atoms with Crippen molar-refractivity contribution in [2.75, 3.05) is 10.6 Å². The highest BCUT2D eigenvalue weighted by molar-refractivity contribution is 14.1. The molecule has 20 heteroatoms. The lowest BCUT2D eigenvalue weighted by Gasteiger charge is -2.32. The number of H-pyrrole nitrogens is 1. The Morgan fingerprint density at radius 1 is 0.576 bits per heavy atom. The highest BCUT2D eigenvalue weighted by Gasteiger charge is 2.51. The standard InChI is InChI=1S/C24H19F2N3O.C19H20BF2NO3.C11H11IN2.C8H9IO.C3H4N2/c1-16-5-6-17(14-29-12-11-27-15-29)13-20(16)18-7-9-19(10-8-18)28-24(30)23-21(25)3-2-4-22(23)26;1-18(2)19(3,4)26-20(25-18)12-8-10-13(11-9-12)23-17(24)16-14(21)6-5-7-15(16)22;1-9-2-3-10(6-11(9)12)7-14-5-4-13-8-14;1-6-2-3-7(5-10)4-8(6)9;1-2-5-3-4-1/h2-13,15H,14H2,1H3,(H,28,30);5-11H,1-4H3,(H,23,24);2-6,8H,7H2,1H3;2-4,10H,5H2,1H3;1-3H,(H,4,5). The number of benzene rings is 7. The van der Waals surface area contributed by atoms with Crippen LogP contribution in [-0.2, 0) is 29.0 Å². The average Bonchev–Trinajstić information content (AvgIpc) is 2.43. The second kappa shape index (κ2) is 30.4.